The Kier molecular flexibility index (Phi) is 7.50. The van der Waals surface area contributed by atoms with Crippen LogP contribution >= 0.6 is 11.6 Å². The molecule has 0 atom stereocenters. The standard InChI is InChI=1S/C17H25ClFN5O3Si/c1-23(17(25)26)8-6-13-15(12-5-7-20-16(18)14(12)19)22-24(21-13)11-27-9-10-28(2,3)4/h5,7H,6,8-11H2,1-4H3,(H,25,26). The van der Waals surface area contributed by atoms with Gasteiger partial charge < -0.3 is 14.7 Å². The molecule has 0 fully saturated rings. The molecular weight excluding hydrogens is 405 g/mol. The van der Waals surface area contributed by atoms with E-state index in [0.29, 0.717) is 18.0 Å². The zero-order chi connectivity index (χ0) is 20.9. The minimum atomic E-state index is -1.21. The Morgan fingerprint density at radius 1 is 1.39 bits per heavy atom. The molecule has 2 aromatic heterocycles. The van der Waals surface area contributed by atoms with Crippen molar-refractivity contribution in [3.05, 3.63) is 28.9 Å². The molecule has 2 heterocycles. The molecule has 0 unspecified atom stereocenters. The lowest BCUT2D eigenvalue weighted by Crippen LogP contribution is -2.27. The third-order valence-corrected chi connectivity index (χ3v) is 6.01. The van der Waals surface area contributed by atoms with Gasteiger partial charge in [-0.05, 0) is 12.1 Å². The minimum absolute atomic E-state index is 0.132. The highest BCUT2D eigenvalue weighted by Crippen LogP contribution is 2.27. The Morgan fingerprint density at radius 3 is 2.75 bits per heavy atom. The monoisotopic (exact) mass is 429 g/mol. The molecule has 0 spiro atoms. The Morgan fingerprint density at radius 2 is 2.11 bits per heavy atom. The smallest absolute Gasteiger partial charge is 0.407 e. The molecule has 2 aromatic rings. The van der Waals surface area contributed by atoms with Crippen molar-refractivity contribution < 1.29 is 19.0 Å². The number of hydrogen-bond donors (Lipinski definition) is 1. The number of carboxylic acid groups (broad SMARTS) is 1. The summed E-state index contributed by atoms with van der Waals surface area (Å²) in [6.07, 6.45) is 0.603. The van der Waals surface area contributed by atoms with Gasteiger partial charge in [0.25, 0.3) is 0 Å². The van der Waals surface area contributed by atoms with Gasteiger partial charge in [0.05, 0.1) is 5.69 Å². The summed E-state index contributed by atoms with van der Waals surface area (Å²) in [6.45, 7) is 7.69. The molecule has 2 rings (SSSR count). The van der Waals surface area contributed by atoms with Crippen LogP contribution in [0.4, 0.5) is 9.18 Å². The van der Waals surface area contributed by atoms with E-state index >= 15 is 0 Å². The molecule has 154 valence electrons. The van der Waals surface area contributed by atoms with Gasteiger partial charge >= 0.3 is 6.09 Å². The van der Waals surface area contributed by atoms with Crippen LogP contribution in [0, 0.1) is 5.82 Å². The number of aromatic nitrogens is 4. The summed E-state index contributed by atoms with van der Waals surface area (Å²) >= 11 is 5.79. The molecule has 8 nitrogen and oxygen atoms in total. The lowest BCUT2D eigenvalue weighted by Gasteiger charge is -2.14. The summed E-state index contributed by atoms with van der Waals surface area (Å²) in [6, 6.07) is 2.47. The van der Waals surface area contributed by atoms with E-state index in [4.69, 9.17) is 21.4 Å². The van der Waals surface area contributed by atoms with E-state index in [0.717, 1.165) is 10.9 Å². The van der Waals surface area contributed by atoms with Crippen molar-refractivity contribution in [3.63, 3.8) is 0 Å². The molecule has 1 N–H and O–H groups in total. The number of ether oxygens (including phenoxy) is 1. The number of likely N-dealkylation sites (N-methyl/N-ethyl adjacent to an activating group) is 1. The third-order valence-electron chi connectivity index (χ3n) is 4.04. The van der Waals surface area contributed by atoms with E-state index in [-0.39, 0.29) is 30.4 Å². The van der Waals surface area contributed by atoms with Crippen LogP contribution in [0.25, 0.3) is 11.3 Å². The van der Waals surface area contributed by atoms with E-state index in [1.807, 2.05) is 0 Å². The Hall–Kier alpha value is -2.04. The summed E-state index contributed by atoms with van der Waals surface area (Å²) in [5.41, 5.74) is 0.929. The predicted molar refractivity (Wildman–Crippen MR) is 107 cm³/mol. The number of nitrogens with zero attached hydrogens (tertiary/aromatic N) is 5. The molecule has 0 aliphatic carbocycles. The highest BCUT2D eigenvalue weighted by molar-refractivity contribution is 6.76. The maximum absolute atomic E-state index is 14.4. The third kappa shape index (κ3) is 6.25. The first-order valence-corrected chi connectivity index (χ1v) is 12.9. The Bertz CT molecular complexity index is 828. The second-order valence-corrected chi connectivity index (χ2v) is 13.6. The van der Waals surface area contributed by atoms with Gasteiger partial charge in [-0.3, -0.25) is 0 Å². The number of hydrogen-bond acceptors (Lipinski definition) is 5. The average molecular weight is 430 g/mol. The Balaban J connectivity index is 2.21. The van der Waals surface area contributed by atoms with Crippen LogP contribution in [-0.2, 0) is 17.9 Å². The predicted octanol–water partition coefficient (Wildman–Crippen LogP) is 3.60. The first kappa shape index (κ1) is 22.2. The van der Waals surface area contributed by atoms with Gasteiger partial charge in [0.1, 0.15) is 5.69 Å². The van der Waals surface area contributed by atoms with Crippen LogP contribution in [0.2, 0.25) is 30.8 Å². The van der Waals surface area contributed by atoms with Crippen molar-refractivity contribution >= 4 is 25.8 Å². The number of rotatable bonds is 9. The van der Waals surface area contributed by atoms with E-state index in [1.54, 1.807) is 0 Å². The summed E-state index contributed by atoms with van der Waals surface area (Å²) in [7, 11) is 0.243. The highest BCUT2D eigenvalue weighted by Gasteiger charge is 2.20. The highest BCUT2D eigenvalue weighted by atomic mass is 35.5. The first-order valence-electron chi connectivity index (χ1n) is 8.84. The summed E-state index contributed by atoms with van der Waals surface area (Å²) < 4.78 is 20.1. The molecule has 11 heteroatoms. The number of pyridine rings is 1. The van der Waals surface area contributed by atoms with Crippen LogP contribution < -0.4 is 0 Å². The van der Waals surface area contributed by atoms with Gasteiger partial charge in [0, 0.05) is 46.5 Å². The Labute approximate surface area is 169 Å². The molecular formula is C17H25ClFN5O3Si. The summed E-state index contributed by atoms with van der Waals surface area (Å²) in [4.78, 5) is 17.2. The van der Waals surface area contributed by atoms with Crippen molar-refractivity contribution in [2.45, 2.75) is 38.8 Å². The van der Waals surface area contributed by atoms with Crippen molar-refractivity contribution in [2.24, 2.45) is 0 Å². The summed E-state index contributed by atoms with van der Waals surface area (Å²) in [5, 5.41) is 17.5. The molecule has 0 saturated heterocycles. The van der Waals surface area contributed by atoms with Crippen molar-refractivity contribution in [2.75, 3.05) is 20.2 Å². The maximum Gasteiger partial charge on any atom is 0.407 e. The minimum Gasteiger partial charge on any atom is -0.465 e. The van der Waals surface area contributed by atoms with E-state index in [1.165, 1.54) is 24.1 Å². The number of carbonyl (C=O) groups is 1. The number of amides is 1. The fourth-order valence-corrected chi connectivity index (χ4v) is 3.23. The van der Waals surface area contributed by atoms with Gasteiger partial charge in [-0.2, -0.15) is 15.0 Å². The van der Waals surface area contributed by atoms with Crippen molar-refractivity contribution in [1.29, 1.82) is 0 Å². The van der Waals surface area contributed by atoms with E-state index < -0.39 is 20.0 Å². The van der Waals surface area contributed by atoms with Gasteiger partial charge in [-0.25, -0.2) is 14.2 Å². The molecule has 0 radical (unpaired) electrons. The van der Waals surface area contributed by atoms with Gasteiger partial charge in [-0.1, -0.05) is 31.2 Å². The molecule has 28 heavy (non-hydrogen) atoms. The van der Waals surface area contributed by atoms with Gasteiger partial charge in [0.2, 0.25) is 0 Å². The molecule has 0 aliphatic heterocycles. The molecule has 0 aromatic carbocycles. The molecule has 1 amide bonds. The second-order valence-electron chi connectivity index (χ2n) is 7.63. The fourth-order valence-electron chi connectivity index (χ4n) is 2.31. The fraction of sp³-hybridized carbons (Fsp3) is 0.529. The lowest BCUT2D eigenvalue weighted by molar-refractivity contribution is 0.0683. The van der Waals surface area contributed by atoms with Crippen molar-refractivity contribution in [1.82, 2.24) is 24.9 Å². The van der Waals surface area contributed by atoms with E-state index in [2.05, 4.69) is 34.8 Å². The van der Waals surface area contributed by atoms with E-state index in [9.17, 15) is 9.18 Å². The van der Waals surface area contributed by atoms with Crippen molar-refractivity contribution in [3.8, 4) is 11.3 Å². The zero-order valence-electron chi connectivity index (χ0n) is 16.4. The average Bonchev–Trinajstić information content (AvgIpc) is 3.01. The van der Waals surface area contributed by atoms with Crippen LogP contribution in [-0.4, -0.2) is 64.4 Å². The van der Waals surface area contributed by atoms with Crippen LogP contribution in [0.1, 0.15) is 5.69 Å². The maximum atomic E-state index is 14.4. The van der Waals surface area contributed by atoms with Crippen LogP contribution in [0.3, 0.4) is 0 Å². The largest absolute Gasteiger partial charge is 0.465 e. The molecule has 0 bridgehead atoms. The lowest BCUT2D eigenvalue weighted by atomic mass is 10.1. The normalized spacial score (nSPS) is 11.6. The zero-order valence-corrected chi connectivity index (χ0v) is 18.2. The van der Waals surface area contributed by atoms with Gasteiger partial charge in [0.15, 0.2) is 17.7 Å². The van der Waals surface area contributed by atoms with Gasteiger partial charge in [-0.15, -0.1) is 0 Å². The molecule has 0 saturated carbocycles. The van der Waals surface area contributed by atoms with Crippen LogP contribution in [0.5, 0.6) is 0 Å². The SMILES string of the molecule is CN(CCc1nn(COCC[Si](C)(C)C)nc1-c1ccnc(Cl)c1F)C(=O)O. The topological polar surface area (TPSA) is 93.4 Å². The summed E-state index contributed by atoms with van der Waals surface area (Å²) in [5.74, 6) is -0.691. The second kappa shape index (κ2) is 9.44. The van der Waals surface area contributed by atoms with Crippen LogP contribution in [0.15, 0.2) is 12.3 Å². The number of halogens is 2. The molecule has 0 aliphatic rings. The quantitative estimate of drug-likeness (QED) is 0.372. The first-order chi connectivity index (χ1) is 13.1.